The zero-order valence-electron chi connectivity index (χ0n) is 9.47. The Morgan fingerprint density at radius 2 is 2.18 bits per heavy atom. The molecule has 1 rings (SSSR count). The van der Waals surface area contributed by atoms with Crippen LogP contribution < -0.4 is 5.73 Å². The Kier molecular flexibility index (Phi) is 5.29. The zero-order chi connectivity index (χ0) is 12.9. The average Bonchev–Trinajstić information content (AvgIpc) is 2.51. The monoisotopic (exact) mass is 268 g/mol. The molecule has 1 heterocycles. The van der Waals surface area contributed by atoms with Crippen LogP contribution in [0.1, 0.15) is 6.42 Å². The number of hydrogen-bond donors (Lipinski definition) is 1. The fraction of sp³-hybridized carbons (Fsp3) is 0.889. The Hall–Kier alpha value is -0.730. The van der Waals surface area contributed by atoms with E-state index in [0.717, 1.165) is 0 Å². The smallest absolute Gasteiger partial charge is 0.302 e. The van der Waals surface area contributed by atoms with Crippen LogP contribution in [0.4, 0.5) is 3.89 Å². The van der Waals surface area contributed by atoms with Gasteiger partial charge in [0.05, 0.1) is 19.0 Å². The van der Waals surface area contributed by atoms with E-state index < -0.39 is 21.9 Å². The van der Waals surface area contributed by atoms with Crippen molar-refractivity contribution in [1.82, 2.24) is 4.90 Å². The first-order valence-electron chi connectivity index (χ1n) is 5.40. The quantitative estimate of drug-likeness (QED) is 0.478. The van der Waals surface area contributed by atoms with Gasteiger partial charge in [-0.2, -0.15) is 8.42 Å². The summed E-state index contributed by atoms with van der Waals surface area (Å²) < 4.78 is 38.5. The maximum atomic E-state index is 12.5. The van der Waals surface area contributed by atoms with E-state index in [1.54, 1.807) is 0 Å². The lowest BCUT2D eigenvalue weighted by Crippen LogP contribution is -2.30. The molecule has 1 aliphatic rings. The molecular formula is C9H17FN2O4S. The summed E-state index contributed by atoms with van der Waals surface area (Å²) in [5.41, 5.74) is 5.23. The molecule has 0 aromatic carbocycles. The predicted molar refractivity (Wildman–Crippen MR) is 59.5 cm³/mol. The molecule has 0 bridgehead atoms. The highest BCUT2D eigenvalue weighted by Gasteiger charge is 2.32. The summed E-state index contributed by atoms with van der Waals surface area (Å²) in [5.74, 6) is -1.19. The summed E-state index contributed by atoms with van der Waals surface area (Å²) in [6.07, 6.45) is 0.0834. The van der Waals surface area contributed by atoms with Crippen molar-refractivity contribution >= 4 is 16.1 Å². The van der Waals surface area contributed by atoms with Crippen molar-refractivity contribution < 1.29 is 21.8 Å². The highest BCUT2D eigenvalue weighted by Crippen LogP contribution is 2.19. The number of rotatable bonds is 7. The third-order valence-corrected chi connectivity index (χ3v) is 3.37. The molecule has 17 heavy (non-hydrogen) atoms. The van der Waals surface area contributed by atoms with E-state index in [0.29, 0.717) is 26.3 Å². The first-order chi connectivity index (χ1) is 7.92. The molecule has 1 atom stereocenters. The molecule has 0 radical (unpaired) electrons. The minimum Gasteiger partial charge on any atom is -0.378 e. The second-order valence-corrected chi connectivity index (χ2v) is 5.43. The van der Waals surface area contributed by atoms with Crippen LogP contribution in [0, 0.1) is 5.92 Å². The highest BCUT2D eigenvalue weighted by atomic mass is 32.3. The van der Waals surface area contributed by atoms with Crippen molar-refractivity contribution in [3.63, 3.8) is 0 Å². The van der Waals surface area contributed by atoms with Gasteiger partial charge in [0.2, 0.25) is 5.91 Å². The fourth-order valence-electron chi connectivity index (χ4n) is 1.82. The Morgan fingerprint density at radius 1 is 1.47 bits per heavy atom. The molecule has 8 heteroatoms. The molecule has 0 aliphatic carbocycles. The number of hydrogen-bond acceptors (Lipinski definition) is 5. The number of nitrogens with two attached hydrogens (primary N) is 1. The third-order valence-electron chi connectivity index (χ3n) is 2.50. The summed E-state index contributed by atoms with van der Waals surface area (Å²) in [6, 6.07) is 0. The number of nitrogens with zero attached hydrogens (tertiary/aromatic N) is 1. The summed E-state index contributed by atoms with van der Waals surface area (Å²) in [7, 11) is -4.51. The number of halogens is 1. The van der Waals surface area contributed by atoms with Gasteiger partial charge in [0, 0.05) is 32.0 Å². The van der Waals surface area contributed by atoms with Crippen LogP contribution >= 0.6 is 0 Å². The van der Waals surface area contributed by atoms with Crippen LogP contribution in [0.25, 0.3) is 0 Å². The third kappa shape index (κ3) is 5.42. The van der Waals surface area contributed by atoms with Gasteiger partial charge in [-0.25, -0.2) is 0 Å². The average molecular weight is 268 g/mol. The van der Waals surface area contributed by atoms with Gasteiger partial charge in [0.25, 0.3) is 0 Å². The van der Waals surface area contributed by atoms with Crippen molar-refractivity contribution in [3.05, 3.63) is 0 Å². The van der Waals surface area contributed by atoms with Crippen LogP contribution in [0.3, 0.4) is 0 Å². The molecule has 0 saturated carbocycles. The molecule has 1 aliphatic heterocycles. The van der Waals surface area contributed by atoms with Gasteiger partial charge in [0.1, 0.15) is 0 Å². The maximum Gasteiger partial charge on any atom is 0.302 e. The van der Waals surface area contributed by atoms with Crippen LogP contribution in [0.15, 0.2) is 0 Å². The summed E-state index contributed by atoms with van der Waals surface area (Å²) in [4.78, 5) is 13.0. The molecule has 0 aromatic heterocycles. The summed E-state index contributed by atoms with van der Waals surface area (Å²) in [6.45, 7) is 1.86. The lowest BCUT2D eigenvalue weighted by Gasteiger charge is -2.16. The SMILES string of the molecule is NCCOCCN1CC(CS(=O)(=O)F)CC1=O. The van der Waals surface area contributed by atoms with Crippen LogP contribution in [-0.4, -0.2) is 57.8 Å². The Morgan fingerprint density at radius 3 is 2.76 bits per heavy atom. The van der Waals surface area contributed by atoms with Gasteiger partial charge >= 0.3 is 10.2 Å². The van der Waals surface area contributed by atoms with E-state index in [2.05, 4.69) is 0 Å². The molecular weight excluding hydrogens is 251 g/mol. The Balaban J connectivity index is 2.32. The van der Waals surface area contributed by atoms with Crippen molar-refractivity contribution in [2.45, 2.75) is 6.42 Å². The zero-order valence-corrected chi connectivity index (χ0v) is 10.3. The van der Waals surface area contributed by atoms with Gasteiger partial charge in [-0.1, -0.05) is 0 Å². The molecule has 0 aromatic rings. The second kappa shape index (κ2) is 6.27. The van der Waals surface area contributed by atoms with Gasteiger partial charge in [0.15, 0.2) is 0 Å². The Labute approximate surface area is 100 Å². The maximum absolute atomic E-state index is 12.5. The van der Waals surface area contributed by atoms with E-state index in [9.17, 15) is 17.1 Å². The van der Waals surface area contributed by atoms with Gasteiger partial charge in [-0.05, 0) is 0 Å². The number of ether oxygens (including phenoxy) is 1. The van der Waals surface area contributed by atoms with E-state index >= 15 is 0 Å². The van der Waals surface area contributed by atoms with Crippen molar-refractivity contribution in [3.8, 4) is 0 Å². The minimum absolute atomic E-state index is 0.0834. The molecule has 1 unspecified atom stereocenters. The topological polar surface area (TPSA) is 89.7 Å². The molecule has 0 spiro atoms. The van der Waals surface area contributed by atoms with E-state index in [1.165, 1.54) is 4.90 Å². The number of likely N-dealkylation sites (tertiary alicyclic amines) is 1. The summed E-state index contributed by atoms with van der Waals surface area (Å²) >= 11 is 0. The van der Waals surface area contributed by atoms with Crippen LogP contribution in [-0.2, 0) is 19.8 Å². The first kappa shape index (κ1) is 14.3. The van der Waals surface area contributed by atoms with Crippen molar-refractivity contribution in [2.24, 2.45) is 11.7 Å². The Bertz CT molecular complexity index is 360. The number of carbonyl (C=O) groups excluding carboxylic acids is 1. The molecule has 2 N–H and O–H groups in total. The van der Waals surface area contributed by atoms with E-state index in [-0.39, 0.29) is 18.9 Å². The fourth-order valence-corrected chi connectivity index (χ4v) is 2.61. The summed E-state index contributed by atoms with van der Waals surface area (Å²) in [5, 5.41) is 0. The van der Waals surface area contributed by atoms with E-state index in [4.69, 9.17) is 10.5 Å². The minimum atomic E-state index is -4.51. The lowest BCUT2D eigenvalue weighted by atomic mass is 10.1. The molecule has 1 fully saturated rings. The van der Waals surface area contributed by atoms with Crippen molar-refractivity contribution in [2.75, 3.05) is 38.6 Å². The van der Waals surface area contributed by atoms with Gasteiger partial charge < -0.3 is 15.4 Å². The first-order valence-corrected chi connectivity index (χ1v) is 6.95. The van der Waals surface area contributed by atoms with Crippen LogP contribution in [0.5, 0.6) is 0 Å². The number of amides is 1. The van der Waals surface area contributed by atoms with Gasteiger partial charge in [-0.3, -0.25) is 4.79 Å². The van der Waals surface area contributed by atoms with Crippen molar-refractivity contribution in [1.29, 1.82) is 0 Å². The molecule has 6 nitrogen and oxygen atoms in total. The largest absolute Gasteiger partial charge is 0.378 e. The predicted octanol–water partition coefficient (Wildman–Crippen LogP) is -0.890. The molecule has 100 valence electrons. The molecule has 1 saturated heterocycles. The number of carbonyl (C=O) groups is 1. The normalized spacial score (nSPS) is 21.2. The standard InChI is InChI=1S/C9H17FN2O4S/c10-17(14,15)7-8-5-9(13)12(6-8)2-4-16-3-1-11/h8H,1-7,11H2. The van der Waals surface area contributed by atoms with E-state index in [1.807, 2.05) is 0 Å². The second-order valence-electron chi connectivity index (χ2n) is 4.02. The van der Waals surface area contributed by atoms with Crippen LogP contribution in [0.2, 0.25) is 0 Å². The molecule has 1 amide bonds. The highest BCUT2D eigenvalue weighted by molar-refractivity contribution is 7.86. The van der Waals surface area contributed by atoms with Gasteiger partial charge in [-0.15, -0.1) is 3.89 Å². The lowest BCUT2D eigenvalue weighted by molar-refractivity contribution is -0.128.